The molecule has 6 heteroatoms. The van der Waals surface area contributed by atoms with Crippen LogP contribution in [0.25, 0.3) is 0 Å². The zero-order valence-corrected chi connectivity index (χ0v) is 11.3. The number of hydrogen-bond acceptors (Lipinski definition) is 6. The molecule has 106 valence electrons. The van der Waals surface area contributed by atoms with Crippen LogP contribution in [0, 0.1) is 5.92 Å². The first-order chi connectivity index (χ1) is 8.23. The van der Waals surface area contributed by atoms with Gasteiger partial charge in [-0.2, -0.15) is 0 Å². The molecule has 0 aromatic carbocycles. The van der Waals surface area contributed by atoms with Crippen LogP contribution in [0.1, 0.15) is 34.1 Å². The van der Waals surface area contributed by atoms with Crippen molar-refractivity contribution in [3.8, 4) is 0 Å². The summed E-state index contributed by atoms with van der Waals surface area (Å²) >= 11 is 0. The van der Waals surface area contributed by atoms with Crippen LogP contribution in [0.4, 0.5) is 0 Å². The van der Waals surface area contributed by atoms with Crippen molar-refractivity contribution >= 4 is 11.9 Å². The van der Waals surface area contributed by atoms with Gasteiger partial charge in [0.2, 0.25) is 0 Å². The maximum absolute atomic E-state index is 10.9. The van der Waals surface area contributed by atoms with E-state index in [9.17, 15) is 19.8 Å². The lowest BCUT2D eigenvalue weighted by Crippen LogP contribution is -2.43. The smallest absolute Gasteiger partial charge is 0.302 e. The van der Waals surface area contributed by atoms with E-state index in [0.717, 1.165) is 0 Å². The molecule has 6 nitrogen and oxygen atoms in total. The maximum atomic E-state index is 10.9. The predicted octanol–water partition coefficient (Wildman–Crippen LogP) is 0.249. The molecule has 0 radical (unpaired) electrons. The van der Waals surface area contributed by atoms with Crippen LogP contribution in [0.3, 0.4) is 0 Å². The fraction of sp³-hybridized carbons (Fsp3) is 0.833. The molecule has 0 rings (SSSR count). The highest BCUT2D eigenvalue weighted by molar-refractivity contribution is 5.66. The van der Waals surface area contributed by atoms with E-state index in [1.807, 2.05) is 13.8 Å². The molecule has 3 unspecified atom stereocenters. The van der Waals surface area contributed by atoms with E-state index in [1.54, 1.807) is 0 Å². The molecule has 0 aliphatic rings. The normalized spacial score (nSPS) is 15.9. The predicted molar refractivity (Wildman–Crippen MR) is 63.7 cm³/mol. The summed E-state index contributed by atoms with van der Waals surface area (Å²) < 4.78 is 9.56. The van der Waals surface area contributed by atoms with Gasteiger partial charge in [0.05, 0.1) is 0 Å². The standard InChI is InChI=1S/C12H22O6/c1-7(2)5-11(18-9(4)14)12(16)10(15)6-17-8(3)13/h7,10-12,15-16H,5-6H2,1-4H3. The minimum Gasteiger partial charge on any atom is -0.463 e. The minimum absolute atomic E-state index is 0.185. The molecule has 3 atom stereocenters. The Hall–Kier alpha value is -1.14. The Bertz CT molecular complexity index is 276. The van der Waals surface area contributed by atoms with Gasteiger partial charge in [0.25, 0.3) is 0 Å². The van der Waals surface area contributed by atoms with E-state index in [1.165, 1.54) is 13.8 Å². The summed E-state index contributed by atoms with van der Waals surface area (Å²) in [7, 11) is 0. The molecule has 0 heterocycles. The Balaban J connectivity index is 4.46. The van der Waals surface area contributed by atoms with Crippen LogP contribution in [-0.4, -0.2) is 47.1 Å². The van der Waals surface area contributed by atoms with Gasteiger partial charge in [0.1, 0.15) is 24.9 Å². The third kappa shape index (κ3) is 7.24. The van der Waals surface area contributed by atoms with Gasteiger partial charge in [-0.25, -0.2) is 0 Å². The van der Waals surface area contributed by atoms with Crippen LogP contribution < -0.4 is 0 Å². The number of esters is 2. The molecule has 0 bridgehead atoms. The number of aliphatic hydroxyl groups excluding tert-OH is 2. The van der Waals surface area contributed by atoms with Crippen LogP contribution in [0.15, 0.2) is 0 Å². The van der Waals surface area contributed by atoms with Crippen molar-refractivity contribution in [3.05, 3.63) is 0 Å². The fourth-order valence-electron chi connectivity index (χ4n) is 1.48. The lowest BCUT2D eigenvalue weighted by molar-refractivity contribution is -0.164. The summed E-state index contributed by atoms with van der Waals surface area (Å²) in [5.74, 6) is -0.890. The zero-order chi connectivity index (χ0) is 14.3. The first-order valence-electron chi connectivity index (χ1n) is 5.90. The fourth-order valence-corrected chi connectivity index (χ4v) is 1.48. The van der Waals surface area contributed by atoms with Crippen LogP contribution in [0.5, 0.6) is 0 Å². The average molecular weight is 262 g/mol. The lowest BCUT2D eigenvalue weighted by atomic mass is 9.98. The Morgan fingerprint density at radius 3 is 2.06 bits per heavy atom. The largest absolute Gasteiger partial charge is 0.463 e. The van der Waals surface area contributed by atoms with Gasteiger partial charge >= 0.3 is 11.9 Å². The summed E-state index contributed by atoms with van der Waals surface area (Å²) in [6.45, 7) is 5.92. The molecular formula is C12H22O6. The molecule has 0 amide bonds. The van der Waals surface area contributed by atoms with Gasteiger partial charge in [0, 0.05) is 13.8 Å². The molecule has 0 saturated carbocycles. The highest BCUT2D eigenvalue weighted by atomic mass is 16.6. The molecule has 18 heavy (non-hydrogen) atoms. The molecule has 0 spiro atoms. The molecule has 0 aliphatic carbocycles. The van der Waals surface area contributed by atoms with Gasteiger partial charge in [-0.1, -0.05) is 13.8 Å². The van der Waals surface area contributed by atoms with E-state index >= 15 is 0 Å². The number of carbonyl (C=O) groups excluding carboxylic acids is 2. The van der Waals surface area contributed by atoms with Crippen molar-refractivity contribution < 1.29 is 29.3 Å². The third-order valence-corrected chi connectivity index (χ3v) is 2.25. The monoisotopic (exact) mass is 262 g/mol. The summed E-state index contributed by atoms with van der Waals surface area (Å²) in [4.78, 5) is 21.5. The molecular weight excluding hydrogens is 240 g/mol. The number of ether oxygens (including phenoxy) is 2. The third-order valence-electron chi connectivity index (χ3n) is 2.25. The molecule has 0 saturated heterocycles. The number of hydrogen-bond donors (Lipinski definition) is 2. The van der Waals surface area contributed by atoms with Crippen LogP contribution in [-0.2, 0) is 19.1 Å². The summed E-state index contributed by atoms with van der Waals surface area (Å²) in [6.07, 6.45) is -2.96. The van der Waals surface area contributed by atoms with Crippen LogP contribution >= 0.6 is 0 Å². The van der Waals surface area contributed by atoms with Gasteiger partial charge in [-0.05, 0) is 12.3 Å². The maximum Gasteiger partial charge on any atom is 0.302 e. The summed E-state index contributed by atoms with van der Waals surface area (Å²) in [5, 5.41) is 19.5. The number of carbonyl (C=O) groups is 2. The molecule has 2 N–H and O–H groups in total. The van der Waals surface area contributed by atoms with E-state index < -0.39 is 30.3 Å². The van der Waals surface area contributed by atoms with E-state index in [4.69, 9.17) is 4.74 Å². The Kier molecular flexibility index (Phi) is 7.54. The second kappa shape index (κ2) is 8.05. The summed E-state index contributed by atoms with van der Waals surface area (Å²) in [6, 6.07) is 0. The van der Waals surface area contributed by atoms with Crippen molar-refractivity contribution in [2.75, 3.05) is 6.61 Å². The molecule has 0 aromatic rings. The zero-order valence-electron chi connectivity index (χ0n) is 11.3. The van der Waals surface area contributed by atoms with Gasteiger partial charge in [-0.3, -0.25) is 9.59 Å². The van der Waals surface area contributed by atoms with Crippen molar-refractivity contribution in [1.29, 1.82) is 0 Å². The van der Waals surface area contributed by atoms with E-state index in [-0.39, 0.29) is 12.5 Å². The van der Waals surface area contributed by atoms with Gasteiger partial charge in [-0.15, -0.1) is 0 Å². The second-order valence-electron chi connectivity index (χ2n) is 4.64. The number of rotatable bonds is 7. The molecule has 0 fully saturated rings. The van der Waals surface area contributed by atoms with E-state index in [0.29, 0.717) is 6.42 Å². The Morgan fingerprint density at radius 1 is 1.11 bits per heavy atom. The van der Waals surface area contributed by atoms with Crippen molar-refractivity contribution in [2.45, 2.75) is 52.4 Å². The Labute approximate surface area is 107 Å². The van der Waals surface area contributed by atoms with Crippen molar-refractivity contribution in [2.24, 2.45) is 5.92 Å². The second-order valence-corrected chi connectivity index (χ2v) is 4.64. The van der Waals surface area contributed by atoms with E-state index in [2.05, 4.69) is 4.74 Å². The quantitative estimate of drug-likeness (QED) is 0.639. The highest BCUT2D eigenvalue weighted by Gasteiger charge is 2.30. The SMILES string of the molecule is CC(=O)OCC(O)C(O)C(CC(C)C)OC(C)=O. The first kappa shape index (κ1) is 16.9. The minimum atomic E-state index is -1.28. The van der Waals surface area contributed by atoms with Gasteiger partial charge < -0.3 is 19.7 Å². The van der Waals surface area contributed by atoms with Gasteiger partial charge in [0.15, 0.2) is 0 Å². The lowest BCUT2D eigenvalue weighted by Gasteiger charge is -2.27. The number of aliphatic hydroxyl groups is 2. The van der Waals surface area contributed by atoms with Crippen LogP contribution in [0.2, 0.25) is 0 Å². The first-order valence-corrected chi connectivity index (χ1v) is 5.90. The van der Waals surface area contributed by atoms with Crippen molar-refractivity contribution in [3.63, 3.8) is 0 Å². The molecule has 0 aromatic heterocycles. The summed E-state index contributed by atoms with van der Waals surface area (Å²) in [5.41, 5.74) is 0. The van der Waals surface area contributed by atoms with Crippen molar-refractivity contribution in [1.82, 2.24) is 0 Å². The topological polar surface area (TPSA) is 93.1 Å². The molecule has 0 aliphatic heterocycles. The highest BCUT2D eigenvalue weighted by Crippen LogP contribution is 2.15. The Morgan fingerprint density at radius 2 is 1.67 bits per heavy atom. The average Bonchev–Trinajstić information content (AvgIpc) is 2.22.